The maximum atomic E-state index is 12.4. The predicted molar refractivity (Wildman–Crippen MR) is 47.7 cm³/mol. The minimum Gasteiger partial charge on any atom is -0.496 e. The number of benzene rings is 1. The molecule has 0 radical (unpaired) electrons. The van der Waals surface area contributed by atoms with Crippen molar-refractivity contribution in [2.45, 2.75) is 13.1 Å². The van der Waals surface area contributed by atoms with Gasteiger partial charge < -0.3 is 4.74 Å². The van der Waals surface area contributed by atoms with Gasteiger partial charge in [0.25, 0.3) is 0 Å². The lowest BCUT2D eigenvalue weighted by atomic mass is 10.1. The van der Waals surface area contributed by atoms with Crippen molar-refractivity contribution in [3.8, 4) is 5.75 Å². The summed E-state index contributed by atoms with van der Waals surface area (Å²) in [5, 5.41) is -0.309. The van der Waals surface area contributed by atoms with Crippen LogP contribution in [0.5, 0.6) is 5.75 Å². The minimum absolute atomic E-state index is 0.182. The van der Waals surface area contributed by atoms with E-state index < -0.39 is 11.7 Å². The quantitative estimate of drug-likeness (QED) is 0.707. The third-order valence-electron chi connectivity index (χ3n) is 1.79. The van der Waals surface area contributed by atoms with Crippen LogP contribution in [0.25, 0.3) is 0 Å². The summed E-state index contributed by atoms with van der Waals surface area (Å²) >= 11 is 5.47. The highest BCUT2D eigenvalue weighted by atomic mass is 35.5. The molecule has 0 fully saturated rings. The second-order valence-corrected chi connectivity index (χ2v) is 3.21. The Balaban J connectivity index is 3.32. The number of ether oxygens (including phenoxy) is 1. The Kier molecular flexibility index (Phi) is 2.95. The molecule has 0 saturated carbocycles. The molecule has 0 saturated heterocycles. The van der Waals surface area contributed by atoms with Gasteiger partial charge in [0.15, 0.2) is 0 Å². The number of aryl methyl sites for hydroxylation is 1. The van der Waals surface area contributed by atoms with Crippen LogP contribution in [-0.2, 0) is 6.18 Å². The molecule has 5 heteroatoms. The average Bonchev–Trinajstić information content (AvgIpc) is 2.02. The second-order valence-electron chi connectivity index (χ2n) is 2.80. The Bertz CT molecular complexity index is 347. The lowest BCUT2D eigenvalue weighted by Gasteiger charge is -2.12. The van der Waals surface area contributed by atoms with Gasteiger partial charge in [0.1, 0.15) is 5.75 Å². The highest BCUT2D eigenvalue weighted by Gasteiger charge is 2.33. The first-order valence-corrected chi connectivity index (χ1v) is 4.15. The zero-order valence-corrected chi connectivity index (χ0v) is 8.33. The Morgan fingerprint density at radius 2 is 1.86 bits per heavy atom. The van der Waals surface area contributed by atoms with E-state index in [-0.39, 0.29) is 10.8 Å². The first-order valence-electron chi connectivity index (χ1n) is 3.77. The summed E-state index contributed by atoms with van der Waals surface area (Å²) in [4.78, 5) is 0. The van der Waals surface area contributed by atoms with Crippen molar-refractivity contribution in [2.24, 2.45) is 0 Å². The lowest BCUT2D eigenvalue weighted by Crippen LogP contribution is -2.06. The van der Waals surface area contributed by atoms with E-state index in [9.17, 15) is 13.2 Å². The van der Waals surface area contributed by atoms with E-state index in [4.69, 9.17) is 16.3 Å². The van der Waals surface area contributed by atoms with Gasteiger partial charge in [0.2, 0.25) is 0 Å². The molecule has 0 unspecified atom stereocenters. The molecule has 1 aromatic carbocycles. The third-order valence-corrected chi connectivity index (χ3v) is 2.10. The van der Waals surface area contributed by atoms with Crippen molar-refractivity contribution in [1.29, 1.82) is 0 Å². The van der Waals surface area contributed by atoms with Crippen molar-refractivity contribution in [1.82, 2.24) is 0 Å². The second kappa shape index (κ2) is 3.69. The molecule has 0 atom stereocenters. The Morgan fingerprint density at radius 1 is 1.29 bits per heavy atom. The van der Waals surface area contributed by atoms with Crippen molar-refractivity contribution in [3.63, 3.8) is 0 Å². The SMILES string of the molecule is COc1cc(C(F)(F)F)c(Cl)cc1C. The molecule has 1 rings (SSSR count). The summed E-state index contributed by atoms with van der Waals surface area (Å²) in [7, 11) is 1.32. The van der Waals surface area contributed by atoms with Crippen LogP contribution in [0.15, 0.2) is 12.1 Å². The number of rotatable bonds is 1. The van der Waals surface area contributed by atoms with E-state index >= 15 is 0 Å². The Labute approximate surface area is 84.4 Å². The fourth-order valence-corrected chi connectivity index (χ4v) is 1.42. The molecule has 0 N–H and O–H groups in total. The molecular formula is C9H8ClF3O. The van der Waals surface area contributed by atoms with Gasteiger partial charge in [-0.2, -0.15) is 13.2 Å². The van der Waals surface area contributed by atoms with E-state index in [1.54, 1.807) is 6.92 Å². The van der Waals surface area contributed by atoms with Gasteiger partial charge in [-0.05, 0) is 24.6 Å². The molecule has 0 amide bonds. The Morgan fingerprint density at radius 3 is 2.29 bits per heavy atom. The average molecular weight is 225 g/mol. The molecule has 0 aromatic heterocycles. The number of halogens is 4. The summed E-state index contributed by atoms with van der Waals surface area (Å²) in [6.45, 7) is 1.63. The molecule has 0 heterocycles. The molecule has 0 aliphatic carbocycles. The van der Waals surface area contributed by atoms with Crippen molar-refractivity contribution >= 4 is 11.6 Å². The molecule has 0 bridgehead atoms. The standard InChI is InChI=1S/C9H8ClF3O/c1-5-3-7(10)6(9(11,12)13)4-8(5)14-2/h3-4H,1-2H3. The molecular weight excluding hydrogens is 217 g/mol. The lowest BCUT2D eigenvalue weighted by molar-refractivity contribution is -0.137. The van der Waals surface area contributed by atoms with Crippen molar-refractivity contribution in [2.75, 3.05) is 7.11 Å². The summed E-state index contributed by atoms with van der Waals surface area (Å²) in [5.74, 6) is 0.182. The fourth-order valence-electron chi connectivity index (χ4n) is 1.09. The molecule has 78 valence electrons. The predicted octanol–water partition coefficient (Wildman–Crippen LogP) is 3.68. The van der Waals surface area contributed by atoms with Gasteiger partial charge in [0.05, 0.1) is 17.7 Å². The molecule has 0 spiro atoms. The van der Waals surface area contributed by atoms with Crippen LogP contribution in [0.4, 0.5) is 13.2 Å². The van der Waals surface area contributed by atoms with Crippen LogP contribution in [0, 0.1) is 6.92 Å². The summed E-state index contributed by atoms with van der Waals surface area (Å²) in [6, 6.07) is 2.14. The van der Waals surface area contributed by atoms with Crippen LogP contribution in [0.2, 0.25) is 5.02 Å². The first kappa shape index (κ1) is 11.2. The van der Waals surface area contributed by atoms with Crippen LogP contribution >= 0.6 is 11.6 Å². The van der Waals surface area contributed by atoms with Gasteiger partial charge in [-0.25, -0.2) is 0 Å². The maximum Gasteiger partial charge on any atom is 0.417 e. The number of hydrogen-bond acceptors (Lipinski definition) is 1. The monoisotopic (exact) mass is 224 g/mol. The Hall–Kier alpha value is -0.900. The highest BCUT2D eigenvalue weighted by molar-refractivity contribution is 6.31. The molecule has 1 aromatic rings. The largest absolute Gasteiger partial charge is 0.496 e. The van der Waals surface area contributed by atoms with Gasteiger partial charge in [-0.3, -0.25) is 0 Å². The number of alkyl halides is 3. The van der Waals surface area contributed by atoms with Gasteiger partial charge in [-0.1, -0.05) is 11.6 Å². The van der Waals surface area contributed by atoms with Crippen LogP contribution < -0.4 is 4.74 Å². The summed E-state index contributed by atoms with van der Waals surface area (Å²) < 4.78 is 41.8. The van der Waals surface area contributed by atoms with Gasteiger partial charge >= 0.3 is 6.18 Å². The first-order chi connectivity index (χ1) is 6.36. The normalized spacial score (nSPS) is 11.6. The summed E-state index contributed by atoms with van der Waals surface area (Å²) in [6.07, 6.45) is -4.45. The summed E-state index contributed by atoms with van der Waals surface area (Å²) in [5.41, 5.74) is -0.299. The van der Waals surface area contributed by atoms with Crippen LogP contribution in [-0.4, -0.2) is 7.11 Å². The van der Waals surface area contributed by atoms with Crippen LogP contribution in [0.1, 0.15) is 11.1 Å². The fraction of sp³-hybridized carbons (Fsp3) is 0.333. The van der Waals surface area contributed by atoms with E-state index in [1.165, 1.54) is 13.2 Å². The highest BCUT2D eigenvalue weighted by Crippen LogP contribution is 2.38. The third kappa shape index (κ3) is 2.12. The van der Waals surface area contributed by atoms with Crippen molar-refractivity contribution in [3.05, 3.63) is 28.3 Å². The zero-order chi connectivity index (χ0) is 10.9. The smallest absolute Gasteiger partial charge is 0.417 e. The van der Waals surface area contributed by atoms with E-state index in [2.05, 4.69) is 0 Å². The molecule has 14 heavy (non-hydrogen) atoms. The van der Waals surface area contributed by atoms with Gasteiger partial charge in [0, 0.05) is 0 Å². The van der Waals surface area contributed by atoms with E-state index in [0.29, 0.717) is 5.56 Å². The molecule has 0 aliphatic heterocycles. The maximum absolute atomic E-state index is 12.4. The van der Waals surface area contributed by atoms with E-state index in [1.807, 2.05) is 0 Å². The topological polar surface area (TPSA) is 9.23 Å². The number of methoxy groups -OCH3 is 1. The molecule has 1 nitrogen and oxygen atoms in total. The van der Waals surface area contributed by atoms with E-state index in [0.717, 1.165) is 6.07 Å². The number of hydrogen-bond donors (Lipinski definition) is 0. The minimum atomic E-state index is -4.45. The van der Waals surface area contributed by atoms with Gasteiger partial charge in [-0.15, -0.1) is 0 Å². The van der Waals surface area contributed by atoms with Crippen LogP contribution in [0.3, 0.4) is 0 Å². The van der Waals surface area contributed by atoms with Crippen molar-refractivity contribution < 1.29 is 17.9 Å². The molecule has 0 aliphatic rings. The zero-order valence-electron chi connectivity index (χ0n) is 7.57.